The highest BCUT2D eigenvalue weighted by atomic mass is 16.5. The SMILES string of the molecule is COc1ccc(CC(=O)N2CCN(c3cc(C)nc(N4CCOCC4)n3)CC2)cc1. The molecule has 0 saturated carbocycles. The Kier molecular flexibility index (Phi) is 6.32. The van der Waals surface area contributed by atoms with Crippen LogP contribution in [0.2, 0.25) is 0 Å². The van der Waals surface area contributed by atoms with Crippen LogP contribution in [0.15, 0.2) is 30.3 Å². The van der Waals surface area contributed by atoms with Gasteiger partial charge in [0.1, 0.15) is 11.6 Å². The van der Waals surface area contributed by atoms with E-state index in [2.05, 4.69) is 14.8 Å². The molecular formula is C22H29N5O3. The summed E-state index contributed by atoms with van der Waals surface area (Å²) in [6, 6.07) is 9.71. The van der Waals surface area contributed by atoms with Crippen molar-refractivity contribution in [3.8, 4) is 5.75 Å². The molecule has 8 heteroatoms. The van der Waals surface area contributed by atoms with Crippen LogP contribution >= 0.6 is 0 Å². The summed E-state index contributed by atoms with van der Waals surface area (Å²) in [6.45, 7) is 8.00. The van der Waals surface area contributed by atoms with E-state index in [-0.39, 0.29) is 5.91 Å². The number of morpholine rings is 1. The summed E-state index contributed by atoms with van der Waals surface area (Å²) in [5.74, 6) is 2.67. The third kappa shape index (κ3) is 4.81. The van der Waals surface area contributed by atoms with Gasteiger partial charge in [-0.25, -0.2) is 4.98 Å². The van der Waals surface area contributed by atoms with E-state index in [0.717, 1.165) is 55.0 Å². The average molecular weight is 412 g/mol. The Bertz CT molecular complexity index is 860. The van der Waals surface area contributed by atoms with Crippen molar-refractivity contribution in [1.29, 1.82) is 0 Å². The van der Waals surface area contributed by atoms with Crippen molar-refractivity contribution < 1.29 is 14.3 Å². The maximum Gasteiger partial charge on any atom is 0.227 e. The molecular weight excluding hydrogens is 382 g/mol. The van der Waals surface area contributed by atoms with Gasteiger partial charge in [0.25, 0.3) is 0 Å². The minimum atomic E-state index is 0.160. The molecule has 0 unspecified atom stereocenters. The van der Waals surface area contributed by atoms with Crippen molar-refractivity contribution in [2.75, 3.05) is 69.4 Å². The Morgan fingerprint density at radius 1 is 1.00 bits per heavy atom. The zero-order chi connectivity index (χ0) is 20.9. The number of carbonyl (C=O) groups excluding carboxylic acids is 1. The number of rotatable bonds is 5. The minimum Gasteiger partial charge on any atom is -0.497 e. The summed E-state index contributed by atoms with van der Waals surface area (Å²) >= 11 is 0. The lowest BCUT2D eigenvalue weighted by Crippen LogP contribution is -2.49. The van der Waals surface area contributed by atoms with Crippen molar-refractivity contribution >= 4 is 17.7 Å². The Morgan fingerprint density at radius 2 is 1.70 bits per heavy atom. The largest absolute Gasteiger partial charge is 0.497 e. The summed E-state index contributed by atoms with van der Waals surface area (Å²) in [5, 5.41) is 0. The van der Waals surface area contributed by atoms with E-state index in [1.54, 1.807) is 7.11 Å². The second-order valence-corrected chi connectivity index (χ2v) is 7.66. The highest BCUT2D eigenvalue weighted by Gasteiger charge is 2.23. The first-order valence-corrected chi connectivity index (χ1v) is 10.5. The molecule has 2 saturated heterocycles. The van der Waals surface area contributed by atoms with Crippen molar-refractivity contribution in [3.05, 3.63) is 41.6 Å². The lowest BCUT2D eigenvalue weighted by Gasteiger charge is -2.36. The smallest absolute Gasteiger partial charge is 0.227 e. The third-order valence-electron chi connectivity index (χ3n) is 5.59. The van der Waals surface area contributed by atoms with Gasteiger partial charge in [-0.15, -0.1) is 0 Å². The van der Waals surface area contributed by atoms with E-state index >= 15 is 0 Å². The van der Waals surface area contributed by atoms with Crippen molar-refractivity contribution in [2.45, 2.75) is 13.3 Å². The molecule has 2 aliphatic rings. The topological polar surface area (TPSA) is 71.0 Å². The number of piperazine rings is 1. The lowest BCUT2D eigenvalue weighted by molar-refractivity contribution is -0.130. The first-order chi connectivity index (χ1) is 14.6. The van der Waals surface area contributed by atoms with Gasteiger partial charge in [0.05, 0.1) is 26.7 Å². The molecule has 2 aromatic rings. The first kappa shape index (κ1) is 20.4. The molecule has 1 aromatic carbocycles. The molecule has 8 nitrogen and oxygen atoms in total. The number of anilines is 2. The van der Waals surface area contributed by atoms with Gasteiger partial charge in [-0.1, -0.05) is 12.1 Å². The van der Waals surface area contributed by atoms with Gasteiger partial charge in [0, 0.05) is 51.0 Å². The van der Waals surface area contributed by atoms with Gasteiger partial charge in [0.2, 0.25) is 11.9 Å². The molecule has 160 valence electrons. The fourth-order valence-electron chi connectivity index (χ4n) is 3.82. The Hall–Kier alpha value is -2.87. The molecule has 0 N–H and O–H groups in total. The molecule has 1 aromatic heterocycles. The van der Waals surface area contributed by atoms with Gasteiger partial charge < -0.3 is 24.2 Å². The standard InChI is InChI=1S/C22H29N5O3/c1-17-15-20(24-22(23-17)27-11-13-30-14-12-27)25-7-9-26(10-8-25)21(28)16-18-3-5-19(29-2)6-4-18/h3-6,15H,7-14,16H2,1-2H3. The van der Waals surface area contributed by atoms with E-state index in [0.29, 0.717) is 32.7 Å². The summed E-state index contributed by atoms with van der Waals surface area (Å²) in [7, 11) is 1.64. The van der Waals surface area contributed by atoms with E-state index < -0.39 is 0 Å². The predicted molar refractivity (Wildman–Crippen MR) is 115 cm³/mol. The van der Waals surface area contributed by atoms with Crippen LogP contribution < -0.4 is 14.5 Å². The molecule has 0 aliphatic carbocycles. The van der Waals surface area contributed by atoms with Crippen LogP contribution in [0.1, 0.15) is 11.3 Å². The number of nitrogens with zero attached hydrogens (tertiary/aromatic N) is 5. The number of hydrogen-bond donors (Lipinski definition) is 0. The van der Waals surface area contributed by atoms with Gasteiger partial charge in [-0.05, 0) is 24.6 Å². The fraction of sp³-hybridized carbons (Fsp3) is 0.500. The summed E-state index contributed by atoms with van der Waals surface area (Å²) in [6.07, 6.45) is 0.414. The highest BCUT2D eigenvalue weighted by molar-refractivity contribution is 5.79. The number of hydrogen-bond acceptors (Lipinski definition) is 7. The molecule has 0 spiro atoms. The fourth-order valence-corrected chi connectivity index (χ4v) is 3.82. The van der Waals surface area contributed by atoms with E-state index in [1.807, 2.05) is 42.2 Å². The van der Waals surface area contributed by atoms with E-state index in [9.17, 15) is 4.79 Å². The van der Waals surface area contributed by atoms with Crippen molar-refractivity contribution in [2.24, 2.45) is 0 Å². The molecule has 0 bridgehead atoms. The first-order valence-electron chi connectivity index (χ1n) is 10.5. The molecule has 1 amide bonds. The zero-order valence-corrected chi connectivity index (χ0v) is 17.7. The number of ether oxygens (including phenoxy) is 2. The van der Waals surface area contributed by atoms with Crippen LogP contribution in [0.25, 0.3) is 0 Å². The molecule has 2 fully saturated rings. The van der Waals surface area contributed by atoms with Crippen LogP contribution in [0.5, 0.6) is 5.75 Å². The maximum atomic E-state index is 12.7. The van der Waals surface area contributed by atoms with Gasteiger partial charge in [0.15, 0.2) is 0 Å². The second-order valence-electron chi connectivity index (χ2n) is 7.66. The highest BCUT2D eigenvalue weighted by Crippen LogP contribution is 2.20. The van der Waals surface area contributed by atoms with Crippen LogP contribution in [0.4, 0.5) is 11.8 Å². The van der Waals surface area contributed by atoms with Crippen LogP contribution in [-0.2, 0) is 16.0 Å². The van der Waals surface area contributed by atoms with Crippen molar-refractivity contribution in [3.63, 3.8) is 0 Å². The summed E-state index contributed by atoms with van der Waals surface area (Å²) in [4.78, 5) is 28.5. The third-order valence-corrected chi connectivity index (χ3v) is 5.59. The molecule has 2 aliphatic heterocycles. The number of aryl methyl sites for hydroxylation is 1. The number of benzene rings is 1. The van der Waals surface area contributed by atoms with Gasteiger partial charge >= 0.3 is 0 Å². The minimum absolute atomic E-state index is 0.160. The molecule has 3 heterocycles. The number of carbonyl (C=O) groups is 1. The Morgan fingerprint density at radius 3 is 2.37 bits per heavy atom. The quantitative estimate of drug-likeness (QED) is 0.739. The van der Waals surface area contributed by atoms with E-state index in [1.165, 1.54) is 0 Å². The van der Waals surface area contributed by atoms with E-state index in [4.69, 9.17) is 14.5 Å². The predicted octanol–water partition coefficient (Wildman–Crippen LogP) is 1.52. The molecule has 4 rings (SSSR count). The summed E-state index contributed by atoms with van der Waals surface area (Å²) in [5.41, 5.74) is 1.96. The monoisotopic (exact) mass is 411 g/mol. The number of amides is 1. The Balaban J connectivity index is 1.35. The normalized spacial score (nSPS) is 17.2. The van der Waals surface area contributed by atoms with Crippen LogP contribution in [-0.4, -0.2) is 80.4 Å². The Labute approximate surface area is 177 Å². The lowest BCUT2D eigenvalue weighted by atomic mass is 10.1. The van der Waals surface area contributed by atoms with Crippen molar-refractivity contribution in [1.82, 2.24) is 14.9 Å². The molecule has 0 radical (unpaired) electrons. The van der Waals surface area contributed by atoms with Gasteiger partial charge in [-0.3, -0.25) is 4.79 Å². The van der Waals surface area contributed by atoms with Crippen LogP contribution in [0, 0.1) is 6.92 Å². The van der Waals surface area contributed by atoms with Gasteiger partial charge in [-0.2, -0.15) is 4.98 Å². The maximum absolute atomic E-state index is 12.7. The second kappa shape index (κ2) is 9.30. The molecule has 30 heavy (non-hydrogen) atoms. The average Bonchev–Trinajstić information content (AvgIpc) is 2.80. The number of methoxy groups -OCH3 is 1. The number of aromatic nitrogens is 2. The summed E-state index contributed by atoms with van der Waals surface area (Å²) < 4.78 is 10.6. The molecule has 0 atom stereocenters. The zero-order valence-electron chi connectivity index (χ0n) is 17.7. The van der Waals surface area contributed by atoms with Crippen LogP contribution in [0.3, 0.4) is 0 Å².